The molecule has 4 rings (SSSR count). The maximum absolute atomic E-state index is 12.1. The molecule has 4 aromatic rings. The van der Waals surface area contributed by atoms with Crippen molar-refractivity contribution in [3.8, 4) is 22.2 Å². The van der Waals surface area contributed by atoms with E-state index in [2.05, 4.69) is 15.3 Å². The zero-order chi connectivity index (χ0) is 17.9. The standard InChI is InChI=1S/C18H15N3O3S2/c1-11-20-14(10-25-11)15-5-4-13(24-15)8-19-17(22)7-12-9-26-18(21-12)16-3-2-6-23-16/h2-6,9-10H,7-8H2,1H3,(H,19,22). The lowest BCUT2D eigenvalue weighted by molar-refractivity contribution is -0.120. The number of carbonyl (C=O) groups excluding carboxylic acids is 1. The molecular formula is C18H15N3O3S2. The minimum atomic E-state index is -0.108. The van der Waals surface area contributed by atoms with Crippen LogP contribution in [0.5, 0.6) is 0 Å². The molecule has 0 fully saturated rings. The van der Waals surface area contributed by atoms with Crippen LogP contribution in [-0.4, -0.2) is 15.9 Å². The number of aryl methyl sites for hydroxylation is 1. The van der Waals surface area contributed by atoms with Crippen LogP contribution in [0.4, 0.5) is 0 Å². The molecule has 0 atom stereocenters. The van der Waals surface area contributed by atoms with Crippen LogP contribution in [0.1, 0.15) is 16.5 Å². The summed E-state index contributed by atoms with van der Waals surface area (Å²) in [5.41, 5.74) is 1.54. The molecular weight excluding hydrogens is 370 g/mol. The summed E-state index contributed by atoms with van der Waals surface area (Å²) in [6.45, 7) is 2.28. The fourth-order valence-corrected chi connectivity index (χ4v) is 3.79. The monoisotopic (exact) mass is 385 g/mol. The third-order valence-electron chi connectivity index (χ3n) is 3.62. The van der Waals surface area contributed by atoms with Crippen molar-refractivity contribution >= 4 is 28.6 Å². The van der Waals surface area contributed by atoms with Gasteiger partial charge in [-0.1, -0.05) is 0 Å². The van der Waals surface area contributed by atoms with Gasteiger partial charge in [0.1, 0.15) is 11.5 Å². The smallest absolute Gasteiger partial charge is 0.226 e. The third-order valence-corrected chi connectivity index (χ3v) is 5.30. The Morgan fingerprint density at radius 3 is 2.85 bits per heavy atom. The lowest BCUT2D eigenvalue weighted by atomic mass is 10.3. The summed E-state index contributed by atoms with van der Waals surface area (Å²) in [4.78, 5) is 21.0. The second-order valence-electron chi connectivity index (χ2n) is 5.59. The van der Waals surface area contributed by atoms with Crippen LogP contribution in [0.2, 0.25) is 0 Å². The van der Waals surface area contributed by atoms with Crippen LogP contribution in [0.3, 0.4) is 0 Å². The van der Waals surface area contributed by atoms with E-state index in [-0.39, 0.29) is 12.3 Å². The fourth-order valence-electron chi connectivity index (χ4n) is 2.40. The van der Waals surface area contributed by atoms with Gasteiger partial charge in [-0.2, -0.15) is 0 Å². The van der Waals surface area contributed by atoms with Gasteiger partial charge in [0.05, 0.1) is 29.9 Å². The van der Waals surface area contributed by atoms with Crippen LogP contribution in [0, 0.1) is 6.92 Å². The highest BCUT2D eigenvalue weighted by molar-refractivity contribution is 7.13. The predicted molar refractivity (Wildman–Crippen MR) is 99.9 cm³/mol. The molecule has 26 heavy (non-hydrogen) atoms. The van der Waals surface area contributed by atoms with Gasteiger partial charge in [0, 0.05) is 10.8 Å². The molecule has 0 saturated carbocycles. The number of hydrogen-bond acceptors (Lipinski definition) is 7. The van der Waals surface area contributed by atoms with Gasteiger partial charge in [0.15, 0.2) is 16.5 Å². The molecule has 0 spiro atoms. The molecule has 1 N–H and O–H groups in total. The zero-order valence-electron chi connectivity index (χ0n) is 13.9. The van der Waals surface area contributed by atoms with E-state index in [4.69, 9.17) is 8.83 Å². The van der Waals surface area contributed by atoms with Gasteiger partial charge in [-0.15, -0.1) is 22.7 Å². The molecule has 132 valence electrons. The second kappa shape index (κ2) is 7.27. The number of nitrogens with zero attached hydrogens (tertiary/aromatic N) is 2. The highest BCUT2D eigenvalue weighted by Gasteiger charge is 2.12. The number of furan rings is 2. The number of thiazole rings is 2. The Kier molecular flexibility index (Phi) is 4.68. The van der Waals surface area contributed by atoms with Crippen molar-refractivity contribution in [1.82, 2.24) is 15.3 Å². The van der Waals surface area contributed by atoms with Crippen LogP contribution in [0.25, 0.3) is 22.2 Å². The molecule has 0 aliphatic carbocycles. The minimum absolute atomic E-state index is 0.108. The summed E-state index contributed by atoms with van der Waals surface area (Å²) >= 11 is 3.03. The third kappa shape index (κ3) is 3.76. The van der Waals surface area contributed by atoms with Crippen molar-refractivity contribution in [3.63, 3.8) is 0 Å². The first-order valence-corrected chi connectivity index (χ1v) is 9.69. The molecule has 0 aliphatic rings. The number of rotatable bonds is 6. The molecule has 4 heterocycles. The van der Waals surface area contributed by atoms with E-state index >= 15 is 0 Å². The SMILES string of the molecule is Cc1nc(-c2ccc(CNC(=O)Cc3csc(-c4ccco4)n3)o2)cs1. The molecule has 0 bridgehead atoms. The lowest BCUT2D eigenvalue weighted by Crippen LogP contribution is -2.24. The fraction of sp³-hybridized carbons (Fsp3) is 0.167. The largest absolute Gasteiger partial charge is 0.462 e. The first kappa shape index (κ1) is 16.7. The molecule has 1 amide bonds. The minimum Gasteiger partial charge on any atom is -0.462 e. The Morgan fingerprint density at radius 1 is 1.15 bits per heavy atom. The Hall–Kier alpha value is -2.71. The van der Waals surface area contributed by atoms with Gasteiger partial charge in [0.25, 0.3) is 0 Å². The summed E-state index contributed by atoms with van der Waals surface area (Å²) in [5, 5.41) is 8.43. The number of aromatic nitrogens is 2. The van der Waals surface area contributed by atoms with E-state index in [1.54, 1.807) is 17.6 Å². The van der Waals surface area contributed by atoms with Gasteiger partial charge in [-0.25, -0.2) is 9.97 Å². The number of amides is 1. The first-order valence-electron chi connectivity index (χ1n) is 7.93. The molecule has 0 radical (unpaired) electrons. The summed E-state index contributed by atoms with van der Waals surface area (Å²) in [7, 11) is 0. The number of hydrogen-bond donors (Lipinski definition) is 1. The summed E-state index contributed by atoms with van der Waals surface area (Å²) in [6, 6.07) is 7.38. The molecule has 0 aromatic carbocycles. The van der Waals surface area contributed by atoms with E-state index in [1.165, 1.54) is 11.3 Å². The highest BCUT2D eigenvalue weighted by Crippen LogP contribution is 2.25. The summed E-state index contributed by atoms with van der Waals surface area (Å²) in [5.74, 6) is 2.00. The quantitative estimate of drug-likeness (QED) is 0.535. The summed E-state index contributed by atoms with van der Waals surface area (Å²) in [6.07, 6.45) is 1.82. The molecule has 6 nitrogen and oxygen atoms in total. The maximum Gasteiger partial charge on any atom is 0.226 e. The van der Waals surface area contributed by atoms with E-state index in [0.29, 0.717) is 23.8 Å². The van der Waals surface area contributed by atoms with Crippen molar-refractivity contribution < 1.29 is 13.6 Å². The Bertz CT molecular complexity index is 1010. The highest BCUT2D eigenvalue weighted by atomic mass is 32.1. The second-order valence-corrected chi connectivity index (χ2v) is 7.51. The van der Waals surface area contributed by atoms with Crippen molar-refractivity contribution in [2.75, 3.05) is 0 Å². The normalized spacial score (nSPS) is 11.0. The predicted octanol–water partition coefficient (Wildman–Crippen LogP) is 4.29. The van der Waals surface area contributed by atoms with Crippen molar-refractivity contribution in [1.29, 1.82) is 0 Å². The number of nitrogens with one attached hydrogen (secondary N) is 1. The molecule has 0 aliphatic heterocycles. The Balaban J connectivity index is 1.32. The first-order chi connectivity index (χ1) is 12.7. The maximum atomic E-state index is 12.1. The Morgan fingerprint density at radius 2 is 2.08 bits per heavy atom. The van der Waals surface area contributed by atoms with Crippen LogP contribution in [0.15, 0.2) is 50.1 Å². The van der Waals surface area contributed by atoms with E-state index < -0.39 is 0 Å². The average Bonchev–Trinajstić information content (AvgIpc) is 3.39. The lowest BCUT2D eigenvalue weighted by Gasteiger charge is -2.01. The molecule has 8 heteroatoms. The molecule has 4 aromatic heterocycles. The topological polar surface area (TPSA) is 81.2 Å². The average molecular weight is 385 g/mol. The van der Waals surface area contributed by atoms with E-state index in [1.807, 2.05) is 41.9 Å². The van der Waals surface area contributed by atoms with E-state index in [0.717, 1.165) is 21.4 Å². The zero-order valence-corrected chi connectivity index (χ0v) is 15.5. The van der Waals surface area contributed by atoms with Crippen LogP contribution in [-0.2, 0) is 17.8 Å². The van der Waals surface area contributed by atoms with Gasteiger partial charge in [0.2, 0.25) is 5.91 Å². The molecule has 0 saturated heterocycles. The van der Waals surface area contributed by atoms with Gasteiger partial charge in [-0.3, -0.25) is 4.79 Å². The number of carbonyl (C=O) groups is 1. The van der Waals surface area contributed by atoms with Crippen molar-refractivity contribution in [2.45, 2.75) is 19.9 Å². The van der Waals surface area contributed by atoms with Gasteiger partial charge < -0.3 is 14.2 Å². The van der Waals surface area contributed by atoms with Crippen molar-refractivity contribution in [3.05, 3.63) is 57.8 Å². The van der Waals surface area contributed by atoms with E-state index in [9.17, 15) is 4.79 Å². The van der Waals surface area contributed by atoms with Gasteiger partial charge in [-0.05, 0) is 31.2 Å². The Labute approximate surface area is 157 Å². The van der Waals surface area contributed by atoms with Crippen molar-refractivity contribution in [2.24, 2.45) is 0 Å². The van der Waals surface area contributed by atoms with Crippen LogP contribution < -0.4 is 5.32 Å². The van der Waals surface area contributed by atoms with Gasteiger partial charge >= 0.3 is 0 Å². The van der Waals surface area contributed by atoms with Crippen LogP contribution >= 0.6 is 22.7 Å². The summed E-state index contributed by atoms with van der Waals surface area (Å²) < 4.78 is 11.1. The molecule has 0 unspecified atom stereocenters.